The fourth-order valence-electron chi connectivity index (χ4n) is 2.85. The van der Waals surface area contributed by atoms with Crippen LogP contribution >= 0.6 is 23.4 Å². The summed E-state index contributed by atoms with van der Waals surface area (Å²) in [5.41, 5.74) is 1.21. The van der Waals surface area contributed by atoms with Gasteiger partial charge in [-0.05, 0) is 42.7 Å². The molecule has 5 nitrogen and oxygen atoms in total. The Balaban J connectivity index is 1.82. The Labute approximate surface area is 179 Å². The molecule has 3 rings (SSSR count). The van der Waals surface area contributed by atoms with E-state index in [4.69, 9.17) is 16.6 Å². The number of carbonyl (C=O) groups is 1. The van der Waals surface area contributed by atoms with Gasteiger partial charge >= 0.3 is 0 Å². The van der Waals surface area contributed by atoms with E-state index in [1.54, 1.807) is 22.8 Å². The molecule has 0 bridgehead atoms. The second-order valence-electron chi connectivity index (χ2n) is 7.18. The molecule has 29 heavy (non-hydrogen) atoms. The van der Waals surface area contributed by atoms with E-state index < -0.39 is 0 Å². The highest BCUT2D eigenvalue weighted by Crippen LogP contribution is 2.23. The lowest BCUT2D eigenvalue weighted by atomic mass is 10.2. The predicted octanol–water partition coefficient (Wildman–Crippen LogP) is 4.68. The monoisotopic (exact) mass is 429 g/mol. The van der Waals surface area contributed by atoms with Crippen molar-refractivity contribution in [3.05, 3.63) is 63.9 Å². The van der Waals surface area contributed by atoms with Gasteiger partial charge in [0.05, 0.1) is 16.6 Å². The molecule has 0 aliphatic carbocycles. The molecule has 152 valence electrons. The highest BCUT2D eigenvalue weighted by atomic mass is 35.5. The van der Waals surface area contributed by atoms with Crippen LogP contribution in [0.25, 0.3) is 16.6 Å². The minimum atomic E-state index is -0.130. The van der Waals surface area contributed by atoms with E-state index in [2.05, 4.69) is 19.2 Å². The number of rotatable bonds is 8. The van der Waals surface area contributed by atoms with Gasteiger partial charge in [0.15, 0.2) is 5.16 Å². The van der Waals surface area contributed by atoms with Crippen molar-refractivity contribution in [1.82, 2.24) is 14.9 Å². The summed E-state index contributed by atoms with van der Waals surface area (Å²) in [4.78, 5) is 29.8. The van der Waals surface area contributed by atoms with Crippen molar-refractivity contribution >= 4 is 40.2 Å². The Bertz CT molecular complexity index is 1070. The smallest absolute Gasteiger partial charge is 0.266 e. The number of thioether (sulfide) groups is 1. The maximum Gasteiger partial charge on any atom is 0.266 e. The molecular weight excluding hydrogens is 406 g/mol. The van der Waals surface area contributed by atoms with Gasteiger partial charge in [-0.1, -0.05) is 55.4 Å². The van der Waals surface area contributed by atoms with Crippen LogP contribution in [0, 0.1) is 5.92 Å². The number of amides is 1. The number of carbonyl (C=O) groups excluding carboxylic acids is 1. The number of halogens is 1. The van der Waals surface area contributed by atoms with Gasteiger partial charge in [-0.25, -0.2) is 4.98 Å². The third-order valence-electron chi connectivity index (χ3n) is 4.30. The number of hydrogen-bond donors (Lipinski definition) is 1. The number of hydrogen-bond acceptors (Lipinski definition) is 4. The summed E-state index contributed by atoms with van der Waals surface area (Å²) in [6, 6.07) is 14.5. The summed E-state index contributed by atoms with van der Waals surface area (Å²) in [6.07, 6.45) is 1.15. The zero-order valence-electron chi connectivity index (χ0n) is 16.5. The van der Waals surface area contributed by atoms with E-state index in [-0.39, 0.29) is 11.5 Å². The quantitative estimate of drug-likeness (QED) is 0.320. The van der Waals surface area contributed by atoms with E-state index >= 15 is 0 Å². The summed E-state index contributed by atoms with van der Waals surface area (Å²) in [5, 5.41) is 4.64. The maximum absolute atomic E-state index is 13.2. The van der Waals surface area contributed by atoms with Crippen LogP contribution in [0.4, 0.5) is 0 Å². The zero-order valence-corrected chi connectivity index (χ0v) is 18.1. The van der Waals surface area contributed by atoms with Crippen LogP contribution in [-0.4, -0.2) is 27.8 Å². The Hall–Kier alpha value is -2.31. The largest absolute Gasteiger partial charge is 0.356 e. The van der Waals surface area contributed by atoms with E-state index in [9.17, 15) is 9.59 Å². The molecule has 3 aromatic rings. The molecule has 1 amide bonds. The zero-order chi connectivity index (χ0) is 20.8. The van der Waals surface area contributed by atoms with Crippen LogP contribution in [0.15, 0.2) is 58.5 Å². The van der Waals surface area contributed by atoms with Crippen LogP contribution in [-0.2, 0) is 4.79 Å². The summed E-state index contributed by atoms with van der Waals surface area (Å²) in [7, 11) is 0. The minimum Gasteiger partial charge on any atom is -0.356 e. The summed E-state index contributed by atoms with van der Waals surface area (Å²) in [6.45, 7) is 4.82. The number of benzene rings is 2. The van der Waals surface area contributed by atoms with Crippen molar-refractivity contribution in [2.24, 2.45) is 5.92 Å². The first kappa shape index (κ1) is 21.4. The summed E-state index contributed by atoms with van der Waals surface area (Å²) >= 11 is 7.62. The Morgan fingerprint density at radius 3 is 2.76 bits per heavy atom. The molecule has 0 aliphatic rings. The van der Waals surface area contributed by atoms with Gasteiger partial charge in [-0.15, -0.1) is 0 Å². The van der Waals surface area contributed by atoms with Gasteiger partial charge in [0.2, 0.25) is 5.91 Å². The van der Waals surface area contributed by atoms with Gasteiger partial charge in [0.25, 0.3) is 5.56 Å². The lowest BCUT2D eigenvalue weighted by Crippen LogP contribution is -2.27. The Morgan fingerprint density at radius 2 is 2.00 bits per heavy atom. The first-order chi connectivity index (χ1) is 14.0. The van der Waals surface area contributed by atoms with Crippen molar-refractivity contribution < 1.29 is 4.79 Å². The molecule has 0 spiro atoms. The lowest BCUT2D eigenvalue weighted by molar-refractivity contribution is -0.121. The van der Waals surface area contributed by atoms with E-state index in [0.29, 0.717) is 57.8 Å². The van der Waals surface area contributed by atoms with Crippen LogP contribution in [0.2, 0.25) is 5.02 Å². The SMILES string of the molecule is CC(C)CNC(=O)CCCSc1nc2ccccc2c(=O)n1-c1cccc(Cl)c1. The Kier molecular flexibility index (Phi) is 7.34. The number of fused-ring (bicyclic) bond motifs is 1. The fraction of sp³-hybridized carbons (Fsp3) is 0.318. The first-order valence-corrected chi connectivity index (χ1v) is 11.0. The predicted molar refractivity (Wildman–Crippen MR) is 120 cm³/mol. The van der Waals surface area contributed by atoms with Crippen LogP contribution in [0.1, 0.15) is 26.7 Å². The molecule has 0 aliphatic heterocycles. The topological polar surface area (TPSA) is 64.0 Å². The molecule has 0 radical (unpaired) electrons. The molecule has 0 atom stereocenters. The van der Waals surface area contributed by atoms with Crippen molar-refractivity contribution in [2.45, 2.75) is 31.8 Å². The van der Waals surface area contributed by atoms with E-state index in [1.165, 1.54) is 11.8 Å². The van der Waals surface area contributed by atoms with Crippen LogP contribution < -0.4 is 10.9 Å². The van der Waals surface area contributed by atoms with Gasteiger partial charge in [-0.2, -0.15) is 0 Å². The number of para-hydroxylation sites is 1. The second kappa shape index (κ2) is 9.94. The van der Waals surface area contributed by atoms with Gasteiger partial charge in [-0.3, -0.25) is 14.2 Å². The molecule has 7 heteroatoms. The lowest BCUT2D eigenvalue weighted by Gasteiger charge is -2.13. The molecular formula is C22H24ClN3O2S. The van der Waals surface area contributed by atoms with Crippen molar-refractivity contribution in [3.8, 4) is 5.69 Å². The minimum absolute atomic E-state index is 0.0537. The highest BCUT2D eigenvalue weighted by molar-refractivity contribution is 7.99. The third-order valence-corrected chi connectivity index (χ3v) is 5.56. The van der Waals surface area contributed by atoms with Crippen molar-refractivity contribution in [3.63, 3.8) is 0 Å². The molecule has 1 aromatic heterocycles. The van der Waals surface area contributed by atoms with Crippen molar-refractivity contribution in [1.29, 1.82) is 0 Å². The van der Waals surface area contributed by atoms with Crippen LogP contribution in [0.3, 0.4) is 0 Å². The molecule has 0 saturated carbocycles. The second-order valence-corrected chi connectivity index (χ2v) is 8.68. The van der Waals surface area contributed by atoms with Gasteiger partial charge < -0.3 is 5.32 Å². The fourth-order valence-corrected chi connectivity index (χ4v) is 3.99. The number of nitrogens with zero attached hydrogens (tertiary/aromatic N) is 2. The maximum atomic E-state index is 13.2. The Morgan fingerprint density at radius 1 is 1.21 bits per heavy atom. The van der Waals surface area contributed by atoms with Crippen molar-refractivity contribution in [2.75, 3.05) is 12.3 Å². The normalized spacial score (nSPS) is 11.2. The number of aromatic nitrogens is 2. The highest BCUT2D eigenvalue weighted by Gasteiger charge is 2.14. The van der Waals surface area contributed by atoms with Gasteiger partial charge in [0.1, 0.15) is 0 Å². The van der Waals surface area contributed by atoms with Crippen LogP contribution in [0.5, 0.6) is 0 Å². The molecule has 0 unspecified atom stereocenters. The molecule has 0 saturated heterocycles. The van der Waals surface area contributed by atoms with E-state index in [0.717, 1.165) is 0 Å². The molecule has 1 heterocycles. The standard InChI is InChI=1S/C22H24ClN3O2S/c1-15(2)14-24-20(27)11-6-12-29-22-25-19-10-4-3-9-18(19)21(28)26(22)17-8-5-7-16(23)13-17/h3-5,7-10,13,15H,6,11-12,14H2,1-2H3,(H,24,27). The summed E-state index contributed by atoms with van der Waals surface area (Å²) in [5.74, 6) is 1.17. The molecule has 2 aromatic carbocycles. The van der Waals surface area contributed by atoms with E-state index in [1.807, 2.05) is 30.3 Å². The average Bonchev–Trinajstić information content (AvgIpc) is 2.70. The van der Waals surface area contributed by atoms with Gasteiger partial charge in [0, 0.05) is 23.7 Å². The molecule has 0 fully saturated rings. The third kappa shape index (κ3) is 5.61. The first-order valence-electron chi connectivity index (χ1n) is 9.63. The average molecular weight is 430 g/mol. The molecule has 1 N–H and O–H groups in total. The number of nitrogens with one attached hydrogen (secondary N) is 1. The summed E-state index contributed by atoms with van der Waals surface area (Å²) < 4.78 is 1.59.